The van der Waals surface area contributed by atoms with E-state index in [9.17, 15) is 9.90 Å². The lowest BCUT2D eigenvalue weighted by Gasteiger charge is -2.39. The SMILES string of the molecule is CC(=O)N1CC[C@@H]2[C@H](CO)Nc3ccc(-c4ccccc4)cc3[C@@H]21. The molecule has 1 amide bonds. The molecule has 2 N–H and O–H groups in total. The third kappa shape index (κ3) is 2.38. The summed E-state index contributed by atoms with van der Waals surface area (Å²) in [7, 11) is 0. The van der Waals surface area contributed by atoms with Crippen molar-refractivity contribution in [2.24, 2.45) is 5.92 Å². The Morgan fingerprint density at radius 3 is 2.71 bits per heavy atom. The van der Waals surface area contributed by atoms with Crippen LogP contribution in [0, 0.1) is 5.92 Å². The number of fused-ring (bicyclic) bond motifs is 3. The van der Waals surface area contributed by atoms with E-state index in [0.717, 1.165) is 24.2 Å². The second-order valence-corrected chi connectivity index (χ2v) is 6.71. The quantitative estimate of drug-likeness (QED) is 0.893. The van der Waals surface area contributed by atoms with Crippen LogP contribution >= 0.6 is 0 Å². The maximum atomic E-state index is 12.1. The molecule has 4 rings (SSSR count). The number of amides is 1. The highest BCUT2D eigenvalue weighted by molar-refractivity contribution is 5.76. The molecule has 2 aromatic carbocycles. The molecule has 1 fully saturated rings. The maximum absolute atomic E-state index is 12.1. The average molecular weight is 322 g/mol. The van der Waals surface area contributed by atoms with Crippen molar-refractivity contribution in [3.05, 3.63) is 54.1 Å². The third-order valence-corrected chi connectivity index (χ3v) is 5.38. The van der Waals surface area contributed by atoms with Crippen LogP contribution in [0.15, 0.2) is 48.5 Å². The number of nitrogens with one attached hydrogen (secondary N) is 1. The lowest BCUT2D eigenvalue weighted by atomic mass is 9.82. The summed E-state index contributed by atoms with van der Waals surface area (Å²) in [5.74, 6) is 0.370. The van der Waals surface area contributed by atoms with Crippen LogP contribution in [-0.4, -0.2) is 35.1 Å². The maximum Gasteiger partial charge on any atom is 0.219 e. The Balaban J connectivity index is 1.81. The summed E-state index contributed by atoms with van der Waals surface area (Å²) >= 11 is 0. The van der Waals surface area contributed by atoms with Crippen LogP contribution in [0.3, 0.4) is 0 Å². The normalized spacial score (nSPS) is 24.9. The molecule has 0 saturated carbocycles. The molecule has 1 saturated heterocycles. The topological polar surface area (TPSA) is 52.6 Å². The summed E-state index contributed by atoms with van der Waals surface area (Å²) in [5, 5.41) is 13.2. The monoisotopic (exact) mass is 322 g/mol. The molecule has 0 radical (unpaired) electrons. The molecular formula is C20H22N2O2. The number of hydrogen-bond acceptors (Lipinski definition) is 3. The van der Waals surface area contributed by atoms with Crippen LogP contribution < -0.4 is 5.32 Å². The minimum absolute atomic E-state index is 0.00873. The van der Waals surface area contributed by atoms with E-state index >= 15 is 0 Å². The molecule has 0 bridgehead atoms. The average Bonchev–Trinajstić information content (AvgIpc) is 3.07. The molecule has 2 aromatic rings. The molecular weight excluding hydrogens is 300 g/mol. The zero-order chi connectivity index (χ0) is 16.7. The van der Waals surface area contributed by atoms with Crippen LogP contribution in [0.5, 0.6) is 0 Å². The van der Waals surface area contributed by atoms with Gasteiger partial charge in [-0.2, -0.15) is 0 Å². The van der Waals surface area contributed by atoms with E-state index in [0.29, 0.717) is 0 Å². The molecule has 4 nitrogen and oxygen atoms in total. The van der Waals surface area contributed by atoms with E-state index in [2.05, 4.69) is 35.6 Å². The second kappa shape index (κ2) is 5.95. The lowest BCUT2D eigenvalue weighted by Crippen LogP contribution is -2.42. The van der Waals surface area contributed by atoms with Crippen molar-refractivity contribution < 1.29 is 9.90 Å². The number of anilines is 1. The number of aliphatic hydroxyl groups excluding tert-OH is 1. The zero-order valence-electron chi connectivity index (χ0n) is 13.8. The molecule has 0 unspecified atom stereocenters. The van der Waals surface area contributed by atoms with Crippen molar-refractivity contribution in [1.29, 1.82) is 0 Å². The Morgan fingerprint density at radius 2 is 2.00 bits per heavy atom. The predicted molar refractivity (Wildman–Crippen MR) is 94.6 cm³/mol. The van der Waals surface area contributed by atoms with E-state index < -0.39 is 0 Å². The van der Waals surface area contributed by atoms with Gasteiger partial charge in [-0.1, -0.05) is 36.4 Å². The van der Waals surface area contributed by atoms with E-state index in [-0.39, 0.29) is 30.5 Å². The molecule has 124 valence electrons. The highest BCUT2D eigenvalue weighted by Crippen LogP contribution is 2.47. The van der Waals surface area contributed by atoms with Gasteiger partial charge in [-0.3, -0.25) is 4.79 Å². The third-order valence-electron chi connectivity index (χ3n) is 5.38. The van der Waals surface area contributed by atoms with Crippen LogP contribution in [-0.2, 0) is 4.79 Å². The van der Waals surface area contributed by atoms with Crippen LogP contribution in [0.25, 0.3) is 11.1 Å². The van der Waals surface area contributed by atoms with Crippen molar-refractivity contribution in [3.8, 4) is 11.1 Å². The van der Waals surface area contributed by atoms with E-state index in [1.165, 1.54) is 11.1 Å². The molecule has 2 aliphatic rings. The number of carbonyl (C=O) groups excluding carboxylic acids is 1. The first-order chi connectivity index (χ1) is 11.7. The summed E-state index contributed by atoms with van der Waals surface area (Å²) in [6.07, 6.45) is 0.928. The Hall–Kier alpha value is -2.33. The molecule has 4 heteroatoms. The van der Waals surface area contributed by atoms with Crippen molar-refractivity contribution in [1.82, 2.24) is 4.90 Å². The second-order valence-electron chi connectivity index (χ2n) is 6.71. The van der Waals surface area contributed by atoms with Crippen LogP contribution in [0.4, 0.5) is 5.69 Å². The van der Waals surface area contributed by atoms with E-state index in [1.54, 1.807) is 6.92 Å². The first-order valence-electron chi connectivity index (χ1n) is 8.53. The van der Waals surface area contributed by atoms with Crippen molar-refractivity contribution in [2.75, 3.05) is 18.5 Å². The van der Waals surface area contributed by atoms with E-state index in [4.69, 9.17) is 0 Å². The zero-order valence-corrected chi connectivity index (χ0v) is 13.8. The van der Waals surface area contributed by atoms with Gasteiger partial charge in [-0.05, 0) is 35.2 Å². The van der Waals surface area contributed by atoms with Gasteiger partial charge in [0.25, 0.3) is 0 Å². The number of rotatable bonds is 2. The van der Waals surface area contributed by atoms with Gasteiger partial charge in [-0.25, -0.2) is 0 Å². The van der Waals surface area contributed by atoms with Gasteiger partial charge in [0, 0.05) is 25.1 Å². The largest absolute Gasteiger partial charge is 0.394 e. The van der Waals surface area contributed by atoms with Gasteiger partial charge >= 0.3 is 0 Å². The van der Waals surface area contributed by atoms with Gasteiger partial charge in [0.2, 0.25) is 5.91 Å². The summed E-state index contributed by atoms with van der Waals surface area (Å²) < 4.78 is 0. The van der Waals surface area contributed by atoms with E-state index in [1.807, 2.05) is 23.1 Å². The minimum Gasteiger partial charge on any atom is -0.394 e. The number of hydrogen-bond donors (Lipinski definition) is 2. The summed E-state index contributed by atoms with van der Waals surface area (Å²) in [6.45, 7) is 2.49. The fourth-order valence-corrected chi connectivity index (χ4v) is 4.23. The summed E-state index contributed by atoms with van der Waals surface area (Å²) in [6, 6.07) is 16.7. The number of carbonyl (C=O) groups is 1. The predicted octanol–water partition coefficient (Wildman–Crippen LogP) is 3.05. The highest BCUT2D eigenvalue weighted by atomic mass is 16.3. The lowest BCUT2D eigenvalue weighted by molar-refractivity contribution is -0.130. The highest BCUT2D eigenvalue weighted by Gasteiger charge is 2.44. The number of benzene rings is 2. The Bertz CT molecular complexity index is 759. The standard InChI is InChI=1S/C20H22N2O2/c1-13(24)22-10-9-16-19(12-23)21-18-8-7-15(11-17(18)20(16)22)14-5-3-2-4-6-14/h2-8,11,16,19-21,23H,9-10,12H2,1H3/t16-,19+,20-/m1/s1. The smallest absolute Gasteiger partial charge is 0.219 e. The number of nitrogens with zero attached hydrogens (tertiary/aromatic N) is 1. The molecule has 0 spiro atoms. The van der Waals surface area contributed by atoms with Crippen LogP contribution in [0.2, 0.25) is 0 Å². The Kier molecular flexibility index (Phi) is 3.77. The van der Waals surface area contributed by atoms with Crippen molar-refractivity contribution >= 4 is 11.6 Å². The Morgan fingerprint density at radius 1 is 1.21 bits per heavy atom. The molecule has 2 heterocycles. The summed E-state index contributed by atoms with van der Waals surface area (Å²) in [4.78, 5) is 14.1. The van der Waals surface area contributed by atoms with Gasteiger partial charge in [-0.15, -0.1) is 0 Å². The fourth-order valence-electron chi connectivity index (χ4n) is 4.23. The van der Waals surface area contributed by atoms with Crippen LogP contribution in [0.1, 0.15) is 24.9 Å². The van der Waals surface area contributed by atoms with Gasteiger partial charge < -0.3 is 15.3 Å². The van der Waals surface area contributed by atoms with Gasteiger partial charge in [0.15, 0.2) is 0 Å². The summed E-state index contributed by atoms with van der Waals surface area (Å²) in [5.41, 5.74) is 4.53. The Labute approximate surface area is 142 Å². The van der Waals surface area contributed by atoms with Crippen molar-refractivity contribution in [2.45, 2.75) is 25.4 Å². The molecule has 2 aliphatic heterocycles. The molecule has 0 aliphatic carbocycles. The molecule has 0 aromatic heterocycles. The fraction of sp³-hybridized carbons (Fsp3) is 0.350. The number of aliphatic hydroxyl groups is 1. The first kappa shape index (κ1) is 15.2. The van der Waals surface area contributed by atoms with Gasteiger partial charge in [0.05, 0.1) is 18.7 Å². The van der Waals surface area contributed by atoms with Crippen molar-refractivity contribution in [3.63, 3.8) is 0 Å². The molecule has 3 atom stereocenters. The molecule has 24 heavy (non-hydrogen) atoms. The minimum atomic E-state index is 0.00873. The van der Waals surface area contributed by atoms with Gasteiger partial charge in [0.1, 0.15) is 0 Å². The number of likely N-dealkylation sites (tertiary alicyclic amines) is 1. The first-order valence-corrected chi connectivity index (χ1v) is 8.53.